The summed E-state index contributed by atoms with van der Waals surface area (Å²) in [6.45, 7) is 1.13. The first-order valence-corrected chi connectivity index (χ1v) is 9.10. The van der Waals surface area contributed by atoms with Gasteiger partial charge in [-0.1, -0.05) is 0 Å². The van der Waals surface area contributed by atoms with Gasteiger partial charge in [0, 0.05) is 25.3 Å². The highest BCUT2D eigenvalue weighted by Gasteiger charge is 2.37. The lowest BCUT2D eigenvalue weighted by molar-refractivity contribution is -0.137. The maximum Gasteiger partial charge on any atom is 0.417 e. The summed E-state index contributed by atoms with van der Waals surface area (Å²) in [5, 5.41) is -0.239. The molecule has 2 aliphatic rings. The maximum atomic E-state index is 12.5. The number of alkyl halides is 3. The molecule has 5 nitrogen and oxygen atoms in total. The summed E-state index contributed by atoms with van der Waals surface area (Å²) in [5.41, 5.74) is -0.770. The Bertz CT molecular complexity index is 649. The van der Waals surface area contributed by atoms with Crippen LogP contribution >= 0.6 is 0 Å². The molecule has 23 heavy (non-hydrogen) atoms. The van der Waals surface area contributed by atoms with E-state index in [2.05, 4.69) is 9.71 Å². The van der Waals surface area contributed by atoms with Gasteiger partial charge in [-0.05, 0) is 37.8 Å². The van der Waals surface area contributed by atoms with Crippen LogP contribution in [0.15, 0.2) is 18.3 Å². The fraction of sp³-hybridized carbons (Fsp3) is 0.643. The standard InChI is InChI=1S/C14H18F3N3O2S/c15-14(16,17)10-1-4-13(18-9-10)20-7-5-11(6-8-20)19-23(21,22)12-2-3-12/h1,4,9,11-12,19H,2-3,5-8H2. The smallest absolute Gasteiger partial charge is 0.357 e. The van der Waals surface area contributed by atoms with Crippen LogP contribution in [0.1, 0.15) is 31.2 Å². The molecule has 1 aliphatic carbocycles. The predicted octanol–water partition coefficient (Wildman–Crippen LogP) is 2.15. The molecule has 1 N–H and O–H groups in total. The maximum absolute atomic E-state index is 12.5. The van der Waals surface area contributed by atoms with Crippen LogP contribution in [-0.2, 0) is 16.2 Å². The molecule has 1 saturated carbocycles. The second-order valence-electron chi connectivity index (χ2n) is 6.03. The fourth-order valence-corrected chi connectivity index (χ4v) is 4.32. The first-order valence-electron chi connectivity index (χ1n) is 7.55. The summed E-state index contributed by atoms with van der Waals surface area (Å²) in [6.07, 6.45) is -0.868. The van der Waals surface area contributed by atoms with Crippen LogP contribution in [0.3, 0.4) is 0 Å². The molecule has 0 amide bonds. The molecule has 9 heteroatoms. The number of nitrogens with zero attached hydrogens (tertiary/aromatic N) is 2. The lowest BCUT2D eigenvalue weighted by Crippen LogP contribution is -2.45. The number of pyridine rings is 1. The Hall–Kier alpha value is -1.35. The highest BCUT2D eigenvalue weighted by atomic mass is 32.2. The number of halogens is 3. The largest absolute Gasteiger partial charge is 0.417 e. The Morgan fingerprint density at radius 1 is 1.13 bits per heavy atom. The zero-order valence-corrected chi connectivity index (χ0v) is 13.2. The van der Waals surface area contributed by atoms with Crippen molar-refractivity contribution < 1.29 is 21.6 Å². The Balaban J connectivity index is 1.56. The number of nitrogens with one attached hydrogen (secondary N) is 1. The Morgan fingerprint density at radius 3 is 2.26 bits per heavy atom. The first kappa shape index (κ1) is 16.5. The normalized spacial score (nSPS) is 20.7. The van der Waals surface area contributed by atoms with E-state index < -0.39 is 21.8 Å². The Morgan fingerprint density at radius 2 is 1.78 bits per heavy atom. The van der Waals surface area contributed by atoms with Gasteiger partial charge >= 0.3 is 6.18 Å². The number of sulfonamides is 1. The van der Waals surface area contributed by atoms with Crippen molar-refractivity contribution >= 4 is 15.8 Å². The van der Waals surface area contributed by atoms with Crippen LogP contribution in [0.5, 0.6) is 0 Å². The van der Waals surface area contributed by atoms with Gasteiger partial charge in [-0.3, -0.25) is 0 Å². The molecule has 128 valence electrons. The molecule has 3 rings (SSSR count). The predicted molar refractivity (Wildman–Crippen MR) is 79.6 cm³/mol. The summed E-state index contributed by atoms with van der Waals surface area (Å²) in [6, 6.07) is 2.27. The molecule has 0 unspecified atom stereocenters. The highest BCUT2D eigenvalue weighted by molar-refractivity contribution is 7.90. The van der Waals surface area contributed by atoms with E-state index in [1.165, 1.54) is 6.07 Å². The minimum atomic E-state index is -4.39. The van der Waals surface area contributed by atoms with Crippen LogP contribution in [0.25, 0.3) is 0 Å². The second-order valence-corrected chi connectivity index (χ2v) is 8.02. The topological polar surface area (TPSA) is 62.3 Å². The van der Waals surface area contributed by atoms with Gasteiger partial charge in [0.15, 0.2) is 0 Å². The number of piperidine rings is 1. The van der Waals surface area contributed by atoms with E-state index in [-0.39, 0.29) is 11.3 Å². The number of hydrogen-bond acceptors (Lipinski definition) is 4. The highest BCUT2D eigenvalue weighted by Crippen LogP contribution is 2.30. The molecule has 1 aliphatic heterocycles. The SMILES string of the molecule is O=S(=O)(NC1CCN(c2ccc(C(F)(F)F)cn2)CC1)C1CC1. The van der Waals surface area contributed by atoms with Crippen LogP contribution in [0.4, 0.5) is 19.0 Å². The number of anilines is 1. The van der Waals surface area contributed by atoms with Crippen LogP contribution in [-0.4, -0.2) is 37.8 Å². The molecular formula is C14H18F3N3O2S. The van der Waals surface area contributed by atoms with Gasteiger partial charge < -0.3 is 4.90 Å². The van der Waals surface area contributed by atoms with Crippen LogP contribution < -0.4 is 9.62 Å². The zero-order valence-electron chi connectivity index (χ0n) is 12.4. The third-order valence-electron chi connectivity index (χ3n) is 4.19. The fourth-order valence-electron chi connectivity index (χ4n) is 2.67. The number of aromatic nitrogens is 1. The van der Waals surface area contributed by atoms with Crippen molar-refractivity contribution in [3.63, 3.8) is 0 Å². The van der Waals surface area contributed by atoms with E-state index in [0.717, 1.165) is 25.1 Å². The molecule has 1 aromatic rings. The van der Waals surface area contributed by atoms with Crippen molar-refractivity contribution in [2.75, 3.05) is 18.0 Å². The number of hydrogen-bond donors (Lipinski definition) is 1. The van der Waals surface area contributed by atoms with Crippen LogP contribution in [0.2, 0.25) is 0 Å². The van der Waals surface area contributed by atoms with Crippen molar-refractivity contribution in [2.45, 2.75) is 43.2 Å². The molecule has 1 saturated heterocycles. The van der Waals surface area contributed by atoms with E-state index >= 15 is 0 Å². The average molecular weight is 349 g/mol. The minimum Gasteiger partial charge on any atom is -0.357 e. The van der Waals surface area contributed by atoms with Crippen molar-refractivity contribution in [1.82, 2.24) is 9.71 Å². The minimum absolute atomic E-state index is 0.105. The first-order chi connectivity index (χ1) is 10.8. The summed E-state index contributed by atoms with van der Waals surface area (Å²) in [4.78, 5) is 5.75. The molecule has 2 fully saturated rings. The number of rotatable bonds is 4. The molecule has 0 bridgehead atoms. The molecule has 0 atom stereocenters. The third kappa shape index (κ3) is 3.95. The van der Waals surface area contributed by atoms with E-state index in [9.17, 15) is 21.6 Å². The molecule has 0 radical (unpaired) electrons. The van der Waals surface area contributed by atoms with Crippen molar-refractivity contribution in [3.8, 4) is 0 Å². The second kappa shape index (κ2) is 5.94. The van der Waals surface area contributed by atoms with Gasteiger partial charge in [0.25, 0.3) is 0 Å². The average Bonchev–Trinajstić information content (AvgIpc) is 3.32. The summed E-state index contributed by atoms with van der Waals surface area (Å²) < 4.78 is 64.1. The van der Waals surface area contributed by atoms with Crippen molar-refractivity contribution in [1.29, 1.82) is 0 Å². The molecule has 0 aromatic carbocycles. The Kier molecular flexibility index (Phi) is 4.26. The monoisotopic (exact) mass is 349 g/mol. The lowest BCUT2D eigenvalue weighted by atomic mass is 10.1. The van der Waals surface area contributed by atoms with E-state index in [4.69, 9.17) is 0 Å². The van der Waals surface area contributed by atoms with Gasteiger partial charge in [-0.25, -0.2) is 18.1 Å². The van der Waals surface area contributed by atoms with Gasteiger partial charge in [0.1, 0.15) is 5.82 Å². The molecular weight excluding hydrogens is 331 g/mol. The van der Waals surface area contributed by atoms with Gasteiger partial charge in [-0.2, -0.15) is 13.2 Å². The molecule has 0 spiro atoms. The van der Waals surface area contributed by atoms with E-state index in [0.29, 0.717) is 31.7 Å². The van der Waals surface area contributed by atoms with E-state index in [1.54, 1.807) is 0 Å². The molecule has 1 aromatic heterocycles. The zero-order chi connectivity index (χ0) is 16.7. The quantitative estimate of drug-likeness (QED) is 0.905. The summed E-state index contributed by atoms with van der Waals surface area (Å²) >= 11 is 0. The van der Waals surface area contributed by atoms with Gasteiger partial charge in [0.05, 0.1) is 10.8 Å². The van der Waals surface area contributed by atoms with Gasteiger partial charge in [-0.15, -0.1) is 0 Å². The third-order valence-corrected chi connectivity index (χ3v) is 6.20. The van der Waals surface area contributed by atoms with Crippen molar-refractivity contribution in [2.24, 2.45) is 0 Å². The summed E-state index contributed by atoms with van der Waals surface area (Å²) in [5.74, 6) is 0.488. The Labute approximate surface area is 132 Å². The molecule has 2 heterocycles. The van der Waals surface area contributed by atoms with Gasteiger partial charge in [0.2, 0.25) is 10.0 Å². The van der Waals surface area contributed by atoms with Crippen molar-refractivity contribution in [3.05, 3.63) is 23.9 Å². The lowest BCUT2D eigenvalue weighted by Gasteiger charge is -2.33. The van der Waals surface area contributed by atoms with E-state index in [1.807, 2.05) is 4.90 Å². The summed E-state index contributed by atoms with van der Waals surface area (Å²) in [7, 11) is -3.20. The van der Waals surface area contributed by atoms with Crippen LogP contribution in [0, 0.1) is 0 Å².